The molecule has 1 atom stereocenters. The average Bonchev–Trinajstić information content (AvgIpc) is 2.11. The highest BCUT2D eigenvalue weighted by Crippen LogP contribution is 2.06. The molecular formula is C10H21NO. The maximum absolute atomic E-state index is 5.03. The van der Waals surface area contributed by atoms with Crippen LogP contribution in [0.3, 0.4) is 0 Å². The molecule has 0 bridgehead atoms. The second-order valence-corrected chi connectivity index (χ2v) is 3.00. The van der Waals surface area contributed by atoms with Gasteiger partial charge in [-0.1, -0.05) is 19.4 Å². The van der Waals surface area contributed by atoms with Gasteiger partial charge in [0.15, 0.2) is 0 Å². The van der Waals surface area contributed by atoms with Crippen LogP contribution < -0.4 is 5.32 Å². The summed E-state index contributed by atoms with van der Waals surface area (Å²) in [4.78, 5) is 0. The fourth-order valence-corrected chi connectivity index (χ4v) is 1.12. The number of rotatable bonds is 8. The molecule has 72 valence electrons. The normalized spacial score (nSPS) is 12.8. The second-order valence-electron chi connectivity index (χ2n) is 3.00. The van der Waals surface area contributed by atoms with Crippen molar-refractivity contribution in [2.45, 2.75) is 19.8 Å². The predicted octanol–water partition coefficient (Wildman–Crippen LogP) is 1.82. The SMILES string of the molecule is C=CCNCC(CC)CCOC. The van der Waals surface area contributed by atoms with E-state index < -0.39 is 0 Å². The van der Waals surface area contributed by atoms with E-state index in [1.165, 1.54) is 6.42 Å². The van der Waals surface area contributed by atoms with Crippen molar-refractivity contribution in [2.75, 3.05) is 26.8 Å². The third-order valence-electron chi connectivity index (χ3n) is 2.03. The number of methoxy groups -OCH3 is 1. The van der Waals surface area contributed by atoms with Gasteiger partial charge in [-0.15, -0.1) is 6.58 Å². The summed E-state index contributed by atoms with van der Waals surface area (Å²) in [7, 11) is 1.75. The van der Waals surface area contributed by atoms with Crippen LogP contribution in [0.5, 0.6) is 0 Å². The third kappa shape index (κ3) is 6.38. The van der Waals surface area contributed by atoms with Crippen LogP contribution >= 0.6 is 0 Å². The molecule has 0 aromatic heterocycles. The van der Waals surface area contributed by atoms with E-state index in [0.717, 1.165) is 32.0 Å². The molecule has 0 saturated heterocycles. The Hall–Kier alpha value is -0.340. The molecule has 2 nitrogen and oxygen atoms in total. The van der Waals surface area contributed by atoms with Gasteiger partial charge in [-0.2, -0.15) is 0 Å². The molecule has 2 heteroatoms. The molecule has 0 fully saturated rings. The number of ether oxygens (including phenoxy) is 1. The Kier molecular flexibility index (Phi) is 8.51. The van der Waals surface area contributed by atoms with Gasteiger partial charge in [0.1, 0.15) is 0 Å². The first-order valence-electron chi connectivity index (χ1n) is 4.65. The van der Waals surface area contributed by atoms with Crippen LogP contribution in [0.25, 0.3) is 0 Å². The van der Waals surface area contributed by atoms with E-state index in [0.29, 0.717) is 0 Å². The Morgan fingerprint density at radius 2 is 2.33 bits per heavy atom. The lowest BCUT2D eigenvalue weighted by Gasteiger charge is -2.13. The van der Waals surface area contributed by atoms with Gasteiger partial charge >= 0.3 is 0 Å². The van der Waals surface area contributed by atoms with Crippen LogP contribution in [0.15, 0.2) is 12.7 Å². The van der Waals surface area contributed by atoms with E-state index in [1.54, 1.807) is 7.11 Å². The molecule has 0 radical (unpaired) electrons. The monoisotopic (exact) mass is 171 g/mol. The van der Waals surface area contributed by atoms with Gasteiger partial charge in [0.25, 0.3) is 0 Å². The van der Waals surface area contributed by atoms with Gasteiger partial charge in [0, 0.05) is 20.3 Å². The lowest BCUT2D eigenvalue weighted by atomic mass is 10.0. The molecule has 0 aliphatic heterocycles. The highest BCUT2D eigenvalue weighted by atomic mass is 16.5. The summed E-state index contributed by atoms with van der Waals surface area (Å²) in [5.41, 5.74) is 0. The number of hydrogen-bond donors (Lipinski definition) is 1. The highest BCUT2D eigenvalue weighted by molar-refractivity contribution is 4.71. The maximum atomic E-state index is 5.03. The highest BCUT2D eigenvalue weighted by Gasteiger charge is 2.03. The molecule has 0 saturated carbocycles. The molecule has 1 N–H and O–H groups in total. The van der Waals surface area contributed by atoms with Crippen LogP contribution in [-0.4, -0.2) is 26.8 Å². The Morgan fingerprint density at radius 3 is 2.83 bits per heavy atom. The van der Waals surface area contributed by atoms with Crippen molar-refractivity contribution >= 4 is 0 Å². The van der Waals surface area contributed by atoms with Gasteiger partial charge in [-0.05, 0) is 18.9 Å². The minimum Gasteiger partial charge on any atom is -0.385 e. The molecule has 0 amide bonds. The second kappa shape index (κ2) is 8.75. The van der Waals surface area contributed by atoms with Crippen molar-refractivity contribution in [3.8, 4) is 0 Å². The summed E-state index contributed by atoms with van der Waals surface area (Å²) < 4.78 is 5.03. The zero-order valence-electron chi connectivity index (χ0n) is 8.31. The lowest BCUT2D eigenvalue weighted by Crippen LogP contribution is -2.23. The first-order chi connectivity index (χ1) is 5.85. The molecular weight excluding hydrogens is 150 g/mol. The van der Waals surface area contributed by atoms with Crippen molar-refractivity contribution in [3.63, 3.8) is 0 Å². The smallest absolute Gasteiger partial charge is 0.0465 e. The molecule has 1 unspecified atom stereocenters. The molecule has 0 aromatic rings. The largest absolute Gasteiger partial charge is 0.385 e. The van der Waals surface area contributed by atoms with Gasteiger partial charge < -0.3 is 10.1 Å². The van der Waals surface area contributed by atoms with Crippen LogP contribution in [0.2, 0.25) is 0 Å². The minimum atomic E-state index is 0.741. The van der Waals surface area contributed by atoms with Crippen molar-refractivity contribution in [3.05, 3.63) is 12.7 Å². The van der Waals surface area contributed by atoms with Crippen LogP contribution in [0, 0.1) is 5.92 Å². The third-order valence-corrected chi connectivity index (χ3v) is 2.03. The fraction of sp³-hybridized carbons (Fsp3) is 0.800. The fourth-order valence-electron chi connectivity index (χ4n) is 1.12. The molecule has 0 rings (SSSR count). The van der Waals surface area contributed by atoms with Crippen LogP contribution in [0.1, 0.15) is 19.8 Å². The van der Waals surface area contributed by atoms with Gasteiger partial charge in [-0.3, -0.25) is 0 Å². The summed E-state index contributed by atoms with van der Waals surface area (Å²) in [6.45, 7) is 8.73. The van der Waals surface area contributed by atoms with Crippen molar-refractivity contribution < 1.29 is 4.74 Å². The van der Waals surface area contributed by atoms with E-state index in [1.807, 2.05) is 6.08 Å². The van der Waals surface area contributed by atoms with E-state index in [-0.39, 0.29) is 0 Å². The molecule has 0 aliphatic rings. The first-order valence-corrected chi connectivity index (χ1v) is 4.65. The quantitative estimate of drug-likeness (QED) is 0.444. The van der Waals surface area contributed by atoms with Gasteiger partial charge in [0.2, 0.25) is 0 Å². The zero-order chi connectivity index (χ0) is 9.23. The minimum absolute atomic E-state index is 0.741. The van der Waals surface area contributed by atoms with Gasteiger partial charge in [-0.25, -0.2) is 0 Å². The Morgan fingerprint density at radius 1 is 1.58 bits per heavy atom. The maximum Gasteiger partial charge on any atom is 0.0465 e. The van der Waals surface area contributed by atoms with E-state index >= 15 is 0 Å². The van der Waals surface area contributed by atoms with E-state index in [2.05, 4.69) is 18.8 Å². The van der Waals surface area contributed by atoms with Gasteiger partial charge in [0.05, 0.1) is 0 Å². The number of nitrogens with one attached hydrogen (secondary N) is 1. The summed E-state index contributed by atoms with van der Waals surface area (Å²) in [5.74, 6) is 0.741. The van der Waals surface area contributed by atoms with Crippen LogP contribution in [-0.2, 0) is 4.74 Å². The lowest BCUT2D eigenvalue weighted by molar-refractivity contribution is 0.175. The summed E-state index contributed by atoms with van der Waals surface area (Å²) in [6.07, 6.45) is 4.26. The molecule has 12 heavy (non-hydrogen) atoms. The van der Waals surface area contributed by atoms with E-state index in [9.17, 15) is 0 Å². The van der Waals surface area contributed by atoms with Crippen molar-refractivity contribution in [1.29, 1.82) is 0 Å². The Labute approximate surface area is 76.0 Å². The predicted molar refractivity (Wildman–Crippen MR) is 53.3 cm³/mol. The van der Waals surface area contributed by atoms with Crippen molar-refractivity contribution in [1.82, 2.24) is 5.32 Å². The Bertz CT molecular complexity index is 104. The Balaban J connectivity index is 3.32. The molecule has 0 spiro atoms. The average molecular weight is 171 g/mol. The standard InChI is InChI=1S/C10H21NO/c1-4-7-11-9-10(5-2)6-8-12-3/h4,10-11H,1,5-9H2,2-3H3. The van der Waals surface area contributed by atoms with Crippen molar-refractivity contribution in [2.24, 2.45) is 5.92 Å². The zero-order valence-corrected chi connectivity index (χ0v) is 8.31. The van der Waals surface area contributed by atoms with Crippen LogP contribution in [0.4, 0.5) is 0 Å². The summed E-state index contributed by atoms with van der Waals surface area (Å²) >= 11 is 0. The molecule has 0 heterocycles. The molecule has 0 aromatic carbocycles. The number of hydrogen-bond acceptors (Lipinski definition) is 2. The molecule has 0 aliphatic carbocycles. The topological polar surface area (TPSA) is 21.3 Å². The summed E-state index contributed by atoms with van der Waals surface area (Å²) in [6, 6.07) is 0. The summed E-state index contributed by atoms with van der Waals surface area (Å²) in [5, 5.41) is 3.32. The first kappa shape index (κ1) is 11.7. The van der Waals surface area contributed by atoms with E-state index in [4.69, 9.17) is 4.74 Å².